The van der Waals surface area contributed by atoms with E-state index < -0.39 is 0 Å². The lowest BCUT2D eigenvalue weighted by atomic mass is 10.2. The molecule has 118 valence electrons. The zero-order valence-electron chi connectivity index (χ0n) is 13.1. The Morgan fingerprint density at radius 3 is 2.65 bits per heavy atom. The average molecular weight is 344 g/mol. The molecule has 0 amide bonds. The van der Waals surface area contributed by atoms with Crippen molar-refractivity contribution in [2.75, 3.05) is 12.9 Å². The number of nitrogens with zero attached hydrogens (tertiary/aromatic N) is 2. The van der Waals surface area contributed by atoms with Crippen molar-refractivity contribution in [3.63, 3.8) is 0 Å². The van der Waals surface area contributed by atoms with Gasteiger partial charge in [-0.05, 0) is 25.7 Å². The largest absolute Gasteiger partial charge is 0.462 e. The second-order valence-electron chi connectivity index (χ2n) is 4.88. The first kappa shape index (κ1) is 16.0. The Bertz CT molecular complexity index is 860. The highest BCUT2D eigenvalue weighted by atomic mass is 32.2. The van der Waals surface area contributed by atoms with E-state index in [9.17, 15) is 4.79 Å². The van der Waals surface area contributed by atoms with Crippen molar-refractivity contribution < 1.29 is 9.53 Å². The number of carbonyl (C=O) groups is 1. The minimum atomic E-state index is -0.290. The molecule has 0 aliphatic rings. The van der Waals surface area contributed by atoms with Gasteiger partial charge in [0.15, 0.2) is 5.82 Å². The number of thiophene rings is 1. The Hall–Kier alpha value is -1.92. The van der Waals surface area contributed by atoms with Gasteiger partial charge < -0.3 is 4.74 Å². The van der Waals surface area contributed by atoms with Gasteiger partial charge >= 0.3 is 5.97 Å². The van der Waals surface area contributed by atoms with Crippen LogP contribution < -0.4 is 0 Å². The van der Waals surface area contributed by atoms with Crippen LogP contribution in [0, 0.1) is 6.92 Å². The average Bonchev–Trinajstić information content (AvgIpc) is 2.92. The van der Waals surface area contributed by atoms with Crippen molar-refractivity contribution in [3.8, 4) is 11.4 Å². The molecule has 0 aliphatic heterocycles. The molecule has 0 spiro atoms. The summed E-state index contributed by atoms with van der Waals surface area (Å²) in [6.45, 7) is 4.10. The molecule has 0 bridgehead atoms. The third-order valence-electron chi connectivity index (χ3n) is 3.44. The van der Waals surface area contributed by atoms with E-state index in [1.165, 1.54) is 11.3 Å². The van der Waals surface area contributed by atoms with E-state index in [1.807, 2.05) is 43.5 Å². The summed E-state index contributed by atoms with van der Waals surface area (Å²) >= 11 is 2.93. The Morgan fingerprint density at radius 1 is 1.26 bits per heavy atom. The first-order valence-electron chi connectivity index (χ1n) is 7.23. The van der Waals surface area contributed by atoms with Crippen LogP contribution in [0.15, 0.2) is 35.4 Å². The monoisotopic (exact) mass is 344 g/mol. The third-order valence-corrected chi connectivity index (χ3v) is 5.29. The molecule has 0 fully saturated rings. The highest BCUT2D eigenvalue weighted by Gasteiger charge is 2.21. The SMILES string of the molecule is CCOC(=O)c1sc2nc(-c3ccccc3)nc(SC)c2c1C. The molecule has 2 heterocycles. The molecule has 0 atom stereocenters. The van der Waals surface area contributed by atoms with Gasteiger partial charge in [0.25, 0.3) is 0 Å². The summed E-state index contributed by atoms with van der Waals surface area (Å²) in [5.41, 5.74) is 1.86. The molecular formula is C17H16N2O2S2. The molecule has 3 aromatic rings. The smallest absolute Gasteiger partial charge is 0.348 e. The molecule has 0 radical (unpaired) electrons. The van der Waals surface area contributed by atoms with Gasteiger partial charge in [-0.2, -0.15) is 0 Å². The Labute approximate surface area is 142 Å². The van der Waals surface area contributed by atoms with Gasteiger partial charge in [0.1, 0.15) is 14.7 Å². The Morgan fingerprint density at radius 2 is 2.00 bits per heavy atom. The first-order chi connectivity index (χ1) is 11.2. The van der Waals surface area contributed by atoms with E-state index in [0.717, 1.165) is 26.4 Å². The predicted octanol–water partition coefficient (Wildman–Crippen LogP) is 4.57. The fraction of sp³-hybridized carbons (Fsp3) is 0.235. The summed E-state index contributed by atoms with van der Waals surface area (Å²) in [6.07, 6.45) is 1.98. The summed E-state index contributed by atoms with van der Waals surface area (Å²) in [4.78, 5) is 22.9. The van der Waals surface area contributed by atoms with Crippen molar-refractivity contribution in [1.29, 1.82) is 0 Å². The fourth-order valence-electron chi connectivity index (χ4n) is 2.36. The first-order valence-corrected chi connectivity index (χ1v) is 9.27. The van der Waals surface area contributed by atoms with E-state index in [0.29, 0.717) is 17.3 Å². The number of esters is 1. The summed E-state index contributed by atoms with van der Waals surface area (Å²) < 4.78 is 5.14. The minimum absolute atomic E-state index is 0.290. The maximum Gasteiger partial charge on any atom is 0.348 e. The van der Waals surface area contributed by atoms with Crippen LogP contribution in [-0.4, -0.2) is 28.8 Å². The second kappa shape index (κ2) is 6.68. The van der Waals surface area contributed by atoms with Crippen molar-refractivity contribution >= 4 is 39.3 Å². The van der Waals surface area contributed by atoms with Crippen LogP contribution >= 0.6 is 23.1 Å². The van der Waals surface area contributed by atoms with Crippen LogP contribution in [0.2, 0.25) is 0 Å². The van der Waals surface area contributed by atoms with Gasteiger partial charge in [-0.25, -0.2) is 14.8 Å². The molecule has 1 aromatic carbocycles. The number of rotatable bonds is 4. The minimum Gasteiger partial charge on any atom is -0.462 e. The molecule has 0 saturated heterocycles. The molecule has 3 rings (SSSR count). The van der Waals surface area contributed by atoms with Gasteiger partial charge in [-0.1, -0.05) is 30.3 Å². The quantitative estimate of drug-likeness (QED) is 0.394. The number of carbonyl (C=O) groups excluding carboxylic acids is 1. The van der Waals surface area contributed by atoms with Gasteiger partial charge in [-0.3, -0.25) is 0 Å². The maximum atomic E-state index is 12.1. The van der Waals surface area contributed by atoms with Crippen LogP contribution in [0.4, 0.5) is 0 Å². The van der Waals surface area contributed by atoms with E-state index in [2.05, 4.69) is 9.97 Å². The molecule has 4 nitrogen and oxygen atoms in total. The number of hydrogen-bond acceptors (Lipinski definition) is 6. The van der Waals surface area contributed by atoms with Crippen molar-refractivity contribution in [2.45, 2.75) is 18.9 Å². The summed E-state index contributed by atoms with van der Waals surface area (Å²) in [5.74, 6) is 0.389. The summed E-state index contributed by atoms with van der Waals surface area (Å²) in [5, 5.41) is 1.84. The zero-order chi connectivity index (χ0) is 16.4. The van der Waals surface area contributed by atoms with Gasteiger partial charge in [0, 0.05) is 10.9 Å². The van der Waals surface area contributed by atoms with Gasteiger partial charge in [-0.15, -0.1) is 23.1 Å². The highest BCUT2D eigenvalue weighted by Crippen LogP contribution is 2.36. The van der Waals surface area contributed by atoms with Crippen molar-refractivity contribution in [2.24, 2.45) is 0 Å². The van der Waals surface area contributed by atoms with E-state index in [1.54, 1.807) is 18.7 Å². The van der Waals surface area contributed by atoms with E-state index >= 15 is 0 Å². The molecule has 23 heavy (non-hydrogen) atoms. The molecule has 6 heteroatoms. The Balaban J connectivity index is 2.20. The Kier molecular flexibility index (Phi) is 4.63. The summed E-state index contributed by atoms with van der Waals surface area (Å²) in [7, 11) is 0. The normalized spacial score (nSPS) is 10.9. The lowest BCUT2D eigenvalue weighted by Gasteiger charge is -2.05. The maximum absolute atomic E-state index is 12.1. The molecule has 2 aromatic heterocycles. The molecule has 0 aliphatic carbocycles. The van der Waals surface area contributed by atoms with Gasteiger partial charge in [0.05, 0.1) is 6.61 Å². The zero-order valence-corrected chi connectivity index (χ0v) is 14.8. The van der Waals surface area contributed by atoms with E-state index in [-0.39, 0.29) is 5.97 Å². The van der Waals surface area contributed by atoms with Crippen molar-refractivity contribution in [3.05, 3.63) is 40.8 Å². The van der Waals surface area contributed by atoms with Crippen LogP contribution in [0.1, 0.15) is 22.2 Å². The molecule has 0 N–H and O–H groups in total. The molecule has 0 saturated carbocycles. The van der Waals surface area contributed by atoms with Crippen LogP contribution in [0.25, 0.3) is 21.6 Å². The number of ether oxygens (including phenoxy) is 1. The van der Waals surface area contributed by atoms with Crippen molar-refractivity contribution in [1.82, 2.24) is 9.97 Å². The standard InChI is InChI=1S/C17H16N2O2S2/c1-4-21-17(20)13-10(2)12-15(22-3)18-14(19-16(12)23-13)11-8-6-5-7-9-11/h5-9H,4H2,1-3H3. The number of benzene rings is 1. The van der Waals surface area contributed by atoms with E-state index in [4.69, 9.17) is 4.74 Å². The lowest BCUT2D eigenvalue weighted by molar-refractivity contribution is 0.0531. The third kappa shape index (κ3) is 2.96. The van der Waals surface area contributed by atoms with Gasteiger partial charge in [0.2, 0.25) is 0 Å². The fourth-order valence-corrected chi connectivity index (χ4v) is 4.13. The number of thioether (sulfide) groups is 1. The lowest BCUT2D eigenvalue weighted by Crippen LogP contribution is -2.03. The van der Waals surface area contributed by atoms with Crippen LogP contribution in [-0.2, 0) is 4.74 Å². The second-order valence-corrected chi connectivity index (χ2v) is 6.67. The molecule has 0 unspecified atom stereocenters. The predicted molar refractivity (Wildman–Crippen MR) is 95.3 cm³/mol. The number of aryl methyl sites for hydroxylation is 1. The highest BCUT2D eigenvalue weighted by molar-refractivity contribution is 7.98. The number of aromatic nitrogens is 2. The van der Waals surface area contributed by atoms with Crippen LogP contribution in [0.5, 0.6) is 0 Å². The number of fused-ring (bicyclic) bond motifs is 1. The van der Waals surface area contributed by atoms with Crippen LogP contribution in [0.3, 0.4) is 0 Å². The number of hydrogen-bond donors (Lipinski definition) is 0. The molecular weight excluding hydrogens is 328 g/mol. The topological polar surface area (TPSA) is 52.1 Å². The summed E-state index contributed by atoms with van der Waals surface area (Å²) in [6, 6.07) is 9.86.